The summed E-state index contributed by atoms with van der Waals surface area (Å²) < 4.78 is 25.5. The quantitative estimate of drug-likeness (QED) is 0.219. The lowest BCUT2D eigenvalue weighted by molar-refractivity contribution is -0.155. The molecular weight excluding hydrogens is 526 g/mol. The largest absolute Gasteiger partial charge is 0.462 e. The lowest BCUT2D eigenvalue weighted by atomic mass is 9.85. The molecule has 0 unspecified atom stereocenters. The zero-order chi connectivity index (χ0) is 29.6. The SMILES string of the molecule is CCc1ccc(C2=C(C)C(=O)[C@]3(O2)C(=O)N[C@@](OC)(C(=O)c2ccccc2)[C@@H]3O[Si](C(C)C)(C(C)C)C(C)C)o1. The van der Waals surface area contributed by atoms with E-state index in [4.69, 9.17) is 18.3 Å². The molecule has 3 atom stereocenters. The van der Waals surface area contributed by atoms with Gasteiger partial charge in [0.2, 0.25) is 25.6 Å². The second-order valence-electron chi connectivity index (χ2n) is 11.6. The van der Waals surface area contributed by atoms with Gasteiger partial charge in [-0.3, -0.25) is 14.4 Å². The summed E-state index contributed by atoms with van der Waals surface area (Å²) in [6, 6.07) is 12.1. The number of Topliss-reactive ketones (excluding diaryl/α,β-unsaturated/α-hetero) is 2. The summed E-state index contributed by atoms with van der Waals surface area (Å²) in [6.45, 7) is 16.1. The molecule has 3 heterocycles. The number of amides is 1. The molecule has 8 nitrogen and oxygen atoms in total. The van der Waals surface area contributed by atoms with E-state index < -0.39 is 43.2 Å². The lowest BCUT2D eigenvalue weighted by Gasteiger charge is -2.48. The van der Waals surface area contributed by atoms with Crippen LogP contribution in [0, 0.1) is 0 Å². The summed E-state index contributed by atoms with van der Waals surface area (Å²) in [5, 5.41) is 2.76. The van der Waals surface area contributed by atoms with Crippen molar-refractivity contribution in [1.29, 1.82) is 0 Å². The Labute approximate surface area is 237 Å². The number of methoxy groups -OCH3 is 1. The van der Waals surface area contributed by atoms with Crippen LogP contribution in [-0.4, -0.2) is 50.3 Å². The minimum atomic E-state index is -2.82. The molecular formula is C31H41NO7Si. The third-order valence-electron chi connectivity index (χ3n) is 8.61. The van der Waals surface area contributed by atoms with Crippen molar-refractivity contribution >= 4 is 31.6 Å². The van der Waals surface area contributed by atoms with Crippen molar-refractivity contribution in [2.24, 2.45) is 0 Å². The predicted molar refractivity (Wildman–Crippen MR) is 154 cm³/mol. The monoisotopic (exact) mass is 567 g/mol. The van der Waals surface area contributed by atoms with Gasteiger partial charge in [-0.25, -0.2) is 0 Å². The van der Waals surface area contributed by atoms with E-state index in [0.717, 1.165) is 0 Å². The second-order valence-corrected chi connectivity index (χ2v) is 17.1. The van der Waals surface area contributed by atoms with E-state index in [2.05, 4.69) is 46.9 Å². The first-order valence-electron chi connectivity index (χ1n) is 14.0. The number of rotatable bonds is 10. The highest BCUT2D eigenvalue weighted by Crippen LogP contribution is 2.52. The van der Waals surface area contributed by atoms with Crippen LogP contribution in [-0.2, 0) is 29.9 Å². The fourth-order valence-corrected chi connectivity index (χ4v) is 12.2. The van der Waals surface area contributed by atoms with Gasteiger partial charge in [-0.05, 0) is 35.7 Å². The van der Waals surface area contributed by atoms with Gasteiger partial charge in [0.15, 0.2) is 17.6 Å². The van der Waals surface area contributed by atoms with Crippen LogP contribution in [0.1, 0.15) is 77.3 Å². The molecule has 0 aliphatic carbocycles. The Hall–Kier alpha value is -3.01. The van der Waals surface area contributed by atoms with Crippen LogP contribution in [0.4, 0.5) is 0 Å². The highest BCUT2D eigenvalue weighted by molar-refractivity contribution is 6.77. The van der Waals surface area contributed by atoms with Crippen LogP contribution in [0.5, 0.6) is 0 Å². The van der Waals surface area contributed by atoms with E-state index in [0.29, 0.717) is 23.5 Å². The number of nitrogens with one attached hydrogen (secondary N) is 1. The fraction of sp³-hybridized carbons (Fsp3) is 0.516. The molecule has 0 bridgehead atoms. The second kappa shape index (κ2) is 10.8. The van der Waals surface area contributed by atoms with Gasteiger partial charge in [0.1, 0.15) is 5.76 Å². The normalized spacial score (nSPS) is 25.1. The van der Waals surface area contributed by atoms with Gasteiger partial charge in [0.25, 0.3) is 11.5 Å². The Morgan fingerprint density at radius 3 is 2.10 bits per heavy atom. The first-order chi connectivity index (χ1) is 18.8. The van der Waals surface area contributed by atoms with Gasteiger partial charge in [-0.2, -0.15) is 0 Å². The van der Waals surface area contributed by atoms with Gasteiger partial charge in [-0.15, -0.1) is 0 Å². The molecule has 0 radical (unpaired) electrons. The molecule has 1 aromatic heterocycles. The van der Waals surface area contributed by atoms with Crippen molar-refractivity contribution in [3.05, 3.63) is 65.1 Å². The number of hydrogen-bond donors (Lipinski definition) is 1. The smallest absolute Gasteiger partial charge is 0.278 e. The summed E-state index contributed by atoms with van der Waals surface area (Å²) in [4.78, 5) is 42.6. The van der Waals surface area contributed by atoms with Gasteiger partial charge in [0, 0.05) is 24.7 Å². The number of hydrogen-bond acceptors (Lipinski definition) is 7. The molecule has 1 aromatic carbocycles. The minimum absolute atomic E-state index is 0.0869. The molecule has 2 aliphatic heterocycles. The molecule has 1 spiro atoms. The maximum Gasteiger partial charge on any atom is 0.278 e. The van der Waals surface area contributed by atoms with E-state index in [-0.39, 0.29) is 28.0 Å². The highest BCUT2D eigenvalue weighted by Gasteiger charge is 2.76. The van der Waals surface area contributed by atoms with Crippen LogP contribution in [0.25, 0.3) is 5.76 Å². The molecule has 9 heteroatoms. The molecule has 1 fully saturated rings. The van der Waals surface area contributed by atoms with Gasteiger partial charge < -0.3 is 23.6 Å². The molecule has 1 saturated heterocycles. The maximum absolute atomic E-state index is 14.3. The number of aryl methyl sites for hydroxylation is 1. The van der Waals surface area contributed by atoms with E-state index in [1.54, 1.807) is 43.3 Å². The van der Waals surface area contributed by atoms with E-state index in [1.165, 1.54) is 7.11 Å². The van der Waals surface area contributed by atoms with Crippen molar-refractivity contribution in [2.75, 3.05) is 7.11 Å². The van der Waals surface area contributed by atoms with Gasteiger partial charge >= 0.3 is 0 Å². The van der Waals surface area contributed by atoms with Crippen LogP contribution >= 0.6 is 0 Å². The zero-order valence-corrected chi connectivity index (χ0v) is 25.9. The van der Waals surface area contributed by atoms with Crippen molar-refractivity contribution in [2.45, 2.75) is 95.9 Å². The fourth-order valence-electron chi connectivity index (χ4n) is 6.65. The van der Waals surface area contributed by atoms with Crippen LogP contribution in [0.2, 0.25) is 16.6 Å². The first kappa shape index (κ1) is 30.0. The molecule has 2 aliphatic rings. The average Bonchev–Trinajstić information content (AvgIpc) is 3.57. The first-order valence-corrected chi connectivity index (χ1v) is 16.2. The number of carbonyl (C=O) groups is 3. The van der Waals surface area contributed by atoms with Crippen molar-refractivity contribution in [3.63, 3.8) is 0 Å². The molecule has 216 valence electrons. The number of benzene rings is 1. The Kier molecular flexibility index (Phi) is 8.06. The van der Waals surface area contributed by atoms with Crippen LogP contribution in [0.15, 0.2) is 52.5 Å². The summed E-state index contributed by atoms with van der Waals surface area (Å²) >= 11 is 0. The molecule has 40 heavy (non-hydrogen) atoms. The summed E-state index contributed by atoms with van der Waals surface area (Å²) in [5.74, 6) is -0.636. The standard InChI is InChI=1S/C31H41NO7Si/c1-10-23-16-17-24(37-23)25-21(8)26(33)30(38-25)28(39-40(18(2)3,19(4)5)20(6)7)31(36-9,32-29(30)35)27(34)22-14-12-11-13-15-22/h11-20,28H,10H2,1-9H3,(H,32,35)/t28-,30-,31-/m1/s1. The molecule has 1 N–H and O–H groups in total. The zero-order valence-electron chi connectivity index (χ0n) is 24.9. The van der Waals surface area contributed by atoms with Crippen LogP contribution in [0.3, 0.4) is 0 Å². The third kappa shape index (κ3) is 4.21. The van der Waals surface area contributed by atoms with Crippen molar-refractivity contribution < 1.29 is 32.7 Å². The van der Waals surface area contributed by atoms with Gasteiger partial charge in [-0.1, -0.05) is 78.8 Å². The summed E-state index contributed by atoms with van der Waals surface area (Å²) in [5.41, 5.74) is -3.37. The molecule has 2 aromatic rings. The van der Waals surface area contributed by atoms with E-state index in [1.807, 2.05) is 13.0 Å². The lowest BCUT2D eigenvalue weighted by Crippen LogP contribution is -2.66. The van der Waals surface area contributed by atoms with Crippen molar-refractivity contribution in [1.82, 2.24) is 5.32 Å². The Balaban J connectivity index is 1.96. The highest BCUT2D eigenvalue weighted by atomic mass is 28.4. The van der Waals surface area contributed by atoms with Crippen molar-refractivity contribution in [3.8, 4) is 0 Å². The Bertz CT molecular complexity index is 1310. The third-order valence-corrected chi connectivity index (χ3v) is 14.7. The van der Waals surface area contributed by atoms with Gasteiger partial charge in [0.05, 0.1) is 0 Å². The number of furan rings is 1. The summed E-state index contributed by atoms with van der Waals surface area (Å²) in [7, 11) is -1.47. The van der Waals surface area contributed by atoms with Crippen LogP contribution < -0.4 is 5.32 Å². The number of ether oxygens (including phenoxy) is 2. The minimum Gasteiger partial charge on any atom is -0.462 e. The average molecular weight is 568 g/mol. The molecule has 1 amide bonds. The Morgan fingerprint density at radius 1 is 1.00 bits per heavy atom. The Morgan fingerprint density at radius 2 is 1.60 bits per heavy atom. The topological polar surface area (TPSA) is 104 Å². The predicted octanol–water partition coefficient (Wildman–Crippen LogP) is 5.83. The van der Waals surface area contributed by atoms with E-state index >= 15 is 0 Å². The molecule has 4 rings (SSSR count). The van der Waals surface area contributed by atoms with E-state index in [9.17, 15) is 14.4 Å². The summed E-state index contributed by atoms with van der Waals surface area (Å²) in [6.07, 6.45) is -0.744. The number of carbonyl (C=O) groups excluding carboxylic acids is 3. The maximum atomic E-state index is 14.3. The molecule has 0 saturated carbocycles. The number of ketones is 2.